The van der Waals surface area contributed by atoms with Crippen LogP contribution in [0.4, 0.5) is 0 Å². The van der Waals surface area contributed by atoms with Crippen molar-refractivity contribution >= 4 is 29.1 Å². The maximum Gasteiger partial charge on any atom is 0.267 e. The highest BCUT2D eigenvalue weighted by Gasteiger charge is 2.35. The van der Waals surface area contributed by atoms with Crippen molar-refractivity contribution in [2.45, 2.75) is 19.8 Å². The van der Waals surface area contributed by atoms with Gasteiger partial charge in [0.2, 0.25) is 5.91 Å². The van der Waals surface area contributed by atoms with Crippen molar-refractivity contribution < 1.29 is 19.2 Å². The second-order valence-electron chi connectivity index (χ2n) is 5.97. The fraction of sp³-hybridized carbons (Fsp3) is 0.143. The van der Waals surface area contributed by atoms with Gasteiger partial charge in [0.1, 0.15) is 0 Å². The summed E-state index contributed by atoms with van der Waals surface area (Å²) in [4.78, 5) is 50.7. The number of nitrogens with zero attached hydrogens (tertiary/aromatic N) is 1. The third-order valence-electron chi connectivity index (χ3n) is 4.25. The maximum atomic E-state index is 13.0. The highest BCUT2D eigenvalue weighted by Crippen LogP contribution is 2.32. The minimum atomic E-state index is -0.726. The van der Waals surface area contributed by atoms with E-state index in [1.165, 1.54) is 12.1 Å². The molecule has 0 saturated heterocycles. The zero-order valence-corrected chi connectivity index (χ0v) is 14.3. The van der Waals surface area contributed by atoms with Crippen LogP contribution < -0.4 is 0 Å². The van der Waals surface area contributed by atoms with Crippen LogP contribution in [0.1, 0.15) is 35.7 Å². The van der Waals surface area contributed by atoms with Gasteiger partial charge in [-0.1, -0.05) is 48.5 Å². The van der Waals surface area contributed by atoms with Crippen LogP contribution in [0.2, 0.25) is 0 Å². The van der Waals surface area contributed by atoms with Gasteiger partial charge in [-0.3, -0.25) is 19.2 Å². The van der Waals surface area contributed by atoms with Crippen LogP contribution in [-0.4, -0.2) is 28.4 Å². The van der Waals surface area contributed by atoms with Crippen LogP contribution in [0.25, 0.3) is 5.57 Å². The molecular formula is C21H17NO4. The van der Waals surface area contributed by atoms with Crippen molar-refractivity contribution in [2.24, 2.45) is 0 Å². The van der Waals surface area contributed by atoms with Crippen LogP contribution in [0.15, 0.2) is 66.2 Å². The number of amides is 3. The van der Waals surface area contributed by atoms with Crippen LogP contribution in [0.3, 0.4) is 0 Å². The first-order valence-electron chi connectivity index (χ1n) is 8.27. The lowest BCUT2D eigenvalue weighted by Gasteiger charge is -2.18. The van der Waals surface area contributed by atoms with Gasteiger partial charge < -0.3 is 0 Å². The molecule has 0 atom stereocenters. The quantitative estimate of drug-likeness (QED) is 0.800. The smallest absolute Gasteiger partial charge is 0.267 e. The second kappa shape index (κ2) is 7.27. The molecule has 1 aliphatic rings. The number of rotatable bonds is 3. The summed E-state index contributed by atoms with van der Waals surface area (Å²) in [5.74, 6) is -2.25. The molecule has 3 rings (SSSR count). The number of benzene rings is 2. The Morgan fingerprint density at radius 1 is 0.808 bits per heavy atom. The van der Waals surface area contributed by atoms with E-state index in [2.05, 4.69) is 0 Å². The number of Topliss-reactive ketones (excluding diaryl/α,β-unsaturated/α-hetero) is 1. The summed E-state index contributed by atoms with van der Waals surface area (Å²) in [6.07, 6.45) is 0.407. The third-order valence-corrected chi connectivity index (χ3v) is 4.25. The van der Waals surface area contributed by atoms with E-state index in [0.29, 0.717) is 16.0 Å². The Bertz CT molecular complexity index is 914. The van der Waals surface area contributed by atoms with E-state index in [4.69, 9.17) is 0 Å². The molecule has 0 aromatic heterocycles. The Morgan fingerprint density at radius 2 is 1.38 bits per heavy atom. The summed E-state index contributed by atoms with van der Waals surface area (Å²) in [6, 6.07) is 17.0. The number of carbonyl (C=O) groups excluding carboxylic acids is 4. The van der Waals surface area contributed by atoms with E-state index in [0.717, 1.165) is 6.92 Å². The molecule has 5 nitrogen and oxygen atoms in total. The standard InChI is InChI=1S/C21H17NO4/c1-14(23)22(20(25)16-10-6-3-7-11-16)21(26)17-12-13-18(24)19(17)15-8-4-2-5-9-15/h2-11H,12-13H2,1H3. The Hall–Kier alpha value is -3.34. The molecule has 0 N–H and O–H groups in total. The highest BCUT2D eigenvalue weighted by atomic mass is 16.2. The molecule has 2 aromatic rings. The summed E-state index contributed by atoms with van der Waals surface area (Å²) < 4.78 is 0. The molecule has 1 aliphatic carbocycles. The van der Waals surface area contributed by atoms with Gasteiger partial charge in [-0.25, -0.2) is 4.90 Å². The van der Waals surface area contributed by atoms with Crippen LogP contribution in [-0.2, 0) is 14.4 Å². The lowest BCUT2D eigenvalue weighted by Crippen LogP contribution is -2.41. The van der Waals surface area contributed by atoms with Gasteiger partial charge in [0.25, 0.3) is 11.8 Å². The average molecular weight is 347 g/mol. The number of imide groups is 3. The highest BCUT2D eigenvalue weighted by molar-refractivity contribution is 6.32. The van der Waals surface area contributed by atoms with E-state index in [9.17, 15) is 19.2 Å². The number of allylic oxidation sites excluding steroid dienone is 1. The Morgan fingerprint density at radius 3 is 1.96 bits per heavy atom. The van der Waals surface area contributed by atoms with E-state index in [1.54, 1.807) is 42.5 Å². The average Bonchev–Trinajstić information content (AvgIpc) is 3.04. The molecule has 0 saturated carbocycles. The SMILES string of the molecule is CC(=O)N(C(=O)C1=C(c2ccccc2)C(=O)CC1)C(=O)c1ccccc1. The molecule has 0 heterocycles. The third kappa shape index (κ3) is 3.24. The topological polar surface area (TPSA) is 71.5 Å². The molecule has 0 spiro atoms. The Kier molecular flexibility index (Phi) is 4.89. The van der Waals surface area contributed by atoms with Crippen molar-refractivity contribution in [3.63, 3.8) is 0 Å². The first kappa shape index (κ1) is 17.5. The number of carbonyl (C=O) groups is 4. The fourth-order valence-electron chi connectivity index (χ4n) is 3.03. The Labute approximate surface area is 150 Å². The van der Waals surface area contributed by atoms with Crippen molar-refractivity contribution in [3.05, 3.63) is 77.4 Å². The van der Waals surface area contributed by atoms with Crippen LogP contribution in [0, 0.1) is 0 Å². The van der Waals surface area contributed by atoms with Crippen molar-refractivity contribution in [1.82, 2.24) is 4.90 Å². The molecule has 5 heteroatoms. The van der Waals surface area contributed by atoms with Crippen molar-refractivity contribution in [1.29, 1.82) is 0 Å². The van der Waals surface area contributed by atoms with E-state index >= 15 is 0 Å². The van der Waals surface area contributed by atoms with Crippen LogP contribution >= 0.6 is 0 Å². The molecule has 0 radical (unpaired) electrons. The number of hydrogen-bond donors (Lipinski definition) is 0. The minimum absolute atomic E-state index is 0.157. The second-order valence-corrected chi connectivity index (χ2v) is 5.97. The number of ketones is 1. The molecule has 3 amide bonds. The predicted octanol–water partition coefficient (Wildman–Crippen LogP) is 3.02. The molecule has 26 heavy (non-hydrogen) atoms. The summed E-state index contributed by atoms with van der Waals surface area (Å²) in [5.41, 5.74) is 1.36. The molecule has 0 fully saturated rings. The molecule has 0 aliphatic heterocycles. The van der Waals surface area contributed by atoms with Gasteiger partial charge in [-0.2, -0.15) is 0 Å². The van der Waals surface area contributed by atoms with Crippen molar-refractivity contribution in [2.75, 3.05) is 0 Å². The lowest BCUT2D eigenvalue weighted by molar-refractivity contribution is -0.137. The summed E-state index contributed by atoms with van der Waals surface area (Å²) >= 11 is 0. The van der Waals surface area contributed by atoms with Gasteiger partial charge >= 0.3 is 0 Å². The summed E-state index contributed by atoms with van der Waals surface area (Å²) in [5, 5.41) is 0. The molecule has 130 valence electrons. The normalized spacial score (nSPS) is 13.7. The van der Waals surface area contributed by atoms with Crippen molar-refractivity contribution in [3.8, 4) is 0 Å². The largest absolute Gasteiger partial charge is 0.294 e. The van der Waals surface area contributed by atoms with Gasteiger partial charge in [0.05, 0.1) is 0 Å². The molecule has 0 bridgehead atoms. The van der Waals surface area contributed by atoms with Gasteiger partial charge in [0, 0.05) is 30.1 Å². The first-order valence-corrected chi connectivity index (χ1v) is 8.27. The predicted molar refractivity (Wildman–Crippen MR) is 95.9 cm³/mol. The van der Waals surface area contributed by atoms with E-state index < -0.39 is 17.7 Å². The summed E-state index contributed by atoms with van der Waals surface area (Å²) in [7, 11) is 0. The zero-order valence-electron chi connectivity index (χ0n) is 14.3. The zero-order chi connectivity index (χ0) is 18.7. The molecule has 2 aromatic carbocycles. The fourth-order valence-corrected chi connectivity index (χ4v) is 3.03. The number of hydrogen-bond acceptors (Lipinski definition) is 4. The van der Waals surface area contributed by atoms with E-state index in [1.807, 2.05) is 6.07 Å². The Balaban J connectivity index is 2.04. The first-order chi connectivity index (χ1) is 12.5. The molecule has 0 unspecified atom stereocenters. The van der Waals surface area contributed by atoms with Crippen LogP contribution in [0.5, 0.6) is 0 Å². The van der Waals surface area contributed by atoms with Gasteiger partial charge in [-0.05, 0) is 24.1 Å². The lowest BCUT2D eigenvalue weighted by atomic mass is 10.0. The maximum absolute atomic E-state index is 13.0. The monoisotopic (exact) mass is 347 g/mol. The van der Waals surface area contributed by atoms with Gasteiger partial charge in [0.15, 0.2) is 5.78 Å². The molecular weight excluding hydrogens is 330 g/mol. The minimum Gasteiger partial charge on any atom is -0.294 e. The van der Waals surface area contributed by atoms with E-state index in [-0.39, 0.29) is 29.8 Å². The summed E-state index contributed by atoms with van der Waals surface area (Å²) in [6.45, 7) is 1.16. The van der Waals surface area contributed by atoms with Gasteiger partial charge in [-0.15, -0.1) is 0 Å².